The number of urea groups is 1. The Labute approximate surface area is 128 Å². The van der Waals surface area contributed by atoms with Gasteiger partial charge in [0.15, 0.2) is 6.29 Å². The summed E-state index contributed by atoms with van der Waals surface area (Å²) in [5.41, 5.74) is 1.76. The second-order valence-electron chi connectivity index (χ2n) is 4.13. The molecule has 0 radical (unpaired) electrons. The van der Waals surface area contributed by atoms with E-state index in [0.29, 0.717) is 19.8 Å². The zero-order valence-corrected chi connectivity index (χ0v) is 13.6. The summed E-state index contributed by atoms with van der Waals surface area (Å²) in [5, 5.41) is 5.53. The highest BCUT2D eigenvalue weighted by atomic mass is 79.9. The Morgan fingerprint density at radius 2 is 1.95 bits per heavy atom. The molecule has 0 fully saturated rings. The van der Waals surface area contributed by atoms with E-state index in [2.05, 4.69) is 26.6 Å². The molecule has 1 aromatic carbocycles. The molecule has 0 aromatic heterocycles. The van der Waals surface area contributed by atoms with Gasteiger partial charge in [0.1, 0.15) is 0 Å². The number of anilines is 1. The fourth-order valence-corrected chi connectivity index (χ4v) is 2.12. The van der Waals surface area contributed by atoms with Gasteiger partial charge in [0, 0.05) is 23.4 Å². The molecule has 6 heteroatoms. The van der Waals surface area contributed by atoms with Crippen molar-refractivity contribution in [3.63, 3.8) is 0 Å². The van der Waals surface area contributed by atoms with Crippen molar-refractivity contribution in [3.05, 3.63) is 28.2 Å². The maximum atomic E-state index is 11.8. The third-order valence-corrected chi connectivity index (χ3v) is 3.06. The molecule has 0 unspecified atom stereocenters. The Morgan fingerprint density at radius 3 is 2.50 bits per heavy atom. The molecule has 20 heavy (non-hydrogen) atoms. The number of benzene rings is 1. The summed E-state index contributed by atoms with van der Waals surface area (Å²) in [6.45, 7) is 7.10. The van der Waals surface area contributed by atoms with E-state index in [-0.39, 0.29) is 6.03 Å². The van der Waals surface area contributed by atoms with Gasteiger partial charge in [-0.15, -0.1) is 0 Å². The first-order chi connectivity index (χ1) is 9.56. The van der Waals surface area contributed by atoms with Crippen molar-refractivity contribution in [2.24, 2.45) is 0 Å². The van der Waals surface area contributed by atoms with Gasteiger partial charge >= 0.3 is 6.03 Å². The first kappa shape index (κ1) is 16.9. The number of carbonyl (C=O) groups excluding carboxylic acids is 1. The van der Waals surface area contributed by atoms with E-state index in [1.54, 1.807) is 0 Å². The largest absolute Gasteiger partial charge is 0.351 e. The van der Waals surface area contributed by atoms with Crippen molar-refractivity contribution in [2.45, 2.75) is 27.1 Å². The van der Waals surface area contributed by atoms with Crippen LogP contribution in [-0.4, -0.2) is 32.1 Å². The van der Waals surface area contributed by atoms with E-state index in [1.165, 1.54) is 0 Å². The summed E-state index contributed by atoms with van der Waals surface area (Å²) < 4.78 is 11.7. The molecule has 1 aromatic rings. The minimum absolute atomic E-state index is 0.278. The van der Waals surface area contributed by atoms with Gasteiger partial charge in [-0.25, -0.2) is 4.79 Å². The summed E-state index contributed by atoms with van der Waals surface area (Å²) >= 11 is 3.39. The smallest absolute Gasteiger partial charge is 0.319 e. The van der Waals surface area contributed by atoms with Crippen LogP contribution in [0, 0.1) is 6.92 Å². The highest BCUT2D eigenvalue weighted by Crippen LogP contribution is 2.19. The number of halogens is 1. The van der Waals surface area contributed by atoms with Gasteiger partial charge in [0.25, 0.3) is 0 Å². The van der Waals surface area contributed by atoms with Crippen LogP contribution >= 0.6 is 15.9 Å². The second-order valence-corrected chi connectivity index (χ2v) is 5.05. The lowest BCUT2D eigenvalue weighted by Crippen LogP contribution is -2.37. The number of hydrogen-bond donors (Lipinski definition) is 2. The van der Waals surface area contributed by atoms with E-state index in [9.17, 15) is 4.79 Å². The topological polar surface area (TPSA) is 59.6 Å². The molecule has 0 saturated carbocycles. The van der Waals surface area contributed by atoms with Crippen molar-refractivity contribution >= 4 is 27.6 Å². The summed E-state index contributed by atoms with van der Waals surface area (Å²) in [6.07, 6.45) is -0.415. The minimum Gasteiger partial charge on any atom is -0.351 e. The van der Waals surface area contributed by atoms with Gasteiger partial charge in [-0.1, -0.05) is 15.9 Å². The second kappa shape index (κ2) is 8.94. The van der Waals surface area contributed by atoms with Crippen molar-refractivity contribution in [2.75, 3.05) is 25.1 Å². The summed E-state index contributed by atoms with van der Waals surface area (Å²) in [6, 6.07) is 5.39. The zero-order valence-electron chi connectivity index (χ0n) is 12.0. The standard InChI is InChI=1S/C14H21BrN2O3/c1-4-19-13(20-5-2)9-16-14(18)17-12-7-6-11(15)8-10(12)3/h6-8,13H,4-5,9H2,1-3H3,(H2,16,17,18). The van der Waals surface area contributed by atoms with Crippen LogP contribution in [0.1, 0.15) is 19.4 Å². The first-order valence-electron chi connectivity index (χ1n) is 6.61. The Hall–Kier alpha value is -1.11. The van der Waals surface area contributed by atoms with Crippen LogP contribution in [0.25, 0.3) is 0 Å². The molecule has 5 nitrogen and oxygen atoms in total. The van der Waals surface area contributed by atoms with Gasteiger partial charge in [0.05, 0.1) is 6.54 Å². The molecule has 2 N–H and O–H groups in total. The quantitative estimate of drug-likeness (QED) is 0.746. The fraction of sp³-hybridized carbons (Fsp3) is 0.500. The molecular formula is C14H21BrN2O3. The number of nitrogens with one attached hydrogen (secondary N) is 2. The van der Waals surface area contributed by atoms with Gasteiger partial charge in [-0.05, 0) is 44.5 Å². The van der Waals surface area contributed by atoms with E-state index in [0.717, 1.165) is 15.7 Å². The molecular weight excluding hydrogens is 324 g/mol. The summed E-state index contributed by atoms with van der Waals surface area (Å²) in [5.74, 6) is 0. The molecule has 0 aliphatic rings. The first-order valence-corrected chi connectivity index (χ1v) is 7.40. The third kappa shape index (κ3) is 5.90. The molecule has 0 heterocycles. The molecule has 2 amide bonds. The highest BCUT2D eigenvalue weighted by Gasteiger charge is 2.10. The number of rotatable bonds is 7. The molecule has 0 atom stereocenters. The average molecular weight is 345 g/mol. The number of carbonyl (C=O) groups is 1. The summed E-state index contributed by atoms with van der Waals surface area (Å²) in [4.78, 5) is 11.8. The van der Waals surface area contributed by atoms with E-state index < -0.39 is 6.29 Å². The van der Waals surface area contributed by atoms with E-state index in [1.807, 2.05) is 39.0 Å². The third-order valence-electron chi connectivity index (χ3n) is 2.57. The van der Waals surface area contributed by atoms with Crippen LogP contribution in [0.2, 0.25) is 0 Å². The molecule has 0 aliphatic heterocycles. The molecule has 0 spiro atoms. The molecule has 0 bridgehead atoms. The Kier molecular flexibility index (Phi) is 7.58. The van der Waals surface area contributed by atoms with Gasteiger partial charge in [-0.3, -0.25) is 0 Å². The predicted octanol–water partition coefficient (Wildman–Crippen LogP) is 3.28. The van der Waals surface area contributed by atoms with Crippen LogP contribution in [0.5, 0.6) is 0 Å². The van der Waals surface area contributed by atoms with Crippen LogP contribution in [0.4, 0.5) is 10.5 Å². The Bertz CT molecular complexity index is 434. The average Bonchev–Trinajstić information content (AvgIpc) is 2.40. The fourth-order valence-electron chi connectivity index (χ4n) is 1.65. The maximum Gasteiger partial charge on any atom is 0.319 e. The lowest BCUT2D eigenvalue weighted by atomic mass is 10.2. The van der Waals surface area contributed by atoms with Crippen LogP contribution < -0.4 is 10.6 Å². The van der Waals surface area contributed by atoms with Gasteiger partial charge in [-0.2, -0.15) is 0 Å². The van der Waals surface area contributed by atoms with Crippen molar-refractivity contribution in [3.8, 4) is 0 Å². The number of aryl methyl sites for hydroxylation is 1. The van der Waals surface area contributed by atoms with Crippen LogP contribution in [-0.2, 0) is 9.47 Å². The van der Waals surface area contributed by atoms with Crippen LogP contribution in [0.3, 0.4) is 0 Å². The normalized spacial score (nSPS) is 10.7. The molecule has 0 aliphatic carbocycles. The monoisotopic (exact) mass is 344 g/mol. The van der Waals surface area contributed by atoms with Crippen molar-refractivity contribution in [1.29, 1.82) is 0 Å². The number of amides is 2. The van der Waals surface area contributed by atoms with E-state index >= 15 is 0 Å². The number of ether oxygens (including phenoxy) is 2. The summed E-state index contributed by atoms with van der Waals surface area (Å²) in [7, 11) is 0. The lowest BCUT2D eigenvalue weighted by molar-refractivity contribution is -0.131. The molecule has 1 rings (SSSR count). The lowest BCUT2D eigenvalue weighted by Gasteiger charge is -2.18. The number of hydrogen-bond acceptors (Lipinski definition) is 3. The van der Waals surface area contributed by atoms with Crippen LogP contribution in [0.15, 0.2) is 22.7 Å². The van der Waals surface area contributed by atoms with Gasteiger partial charge in [0.2, 0.25) is 0 Å². The Morgan fingerprint density at radius 1 is 1.30 bits per heavy atom. The van der Waals surface area contributed by atoms with E-state index in [4.69, 9.17) is 9.47 Å². The van der Waals surface area contributed by atoms with Crippen molar-refractivity contribution < 1.29 is 14.3 Å². The SMILES string of the molecule is CCOC(CNC(=O)Nc1ccc(Br)cc1C)OCC. The highest BCUT2D eigenvalue weighted by molar-refractivity contribution is 9.10. The predicted molar refractivity (Wildman–Crippen MR) is 82.9 cm³/mol. The van der Waals surface area contributed by atoms with Gasteiger partial charge < -0.3 is 20.1 Å². The molecule has 112 valence electrons. The Balaban J connectivity index is 2.46. The minimum atomic E-state index is -0.415. The maximum absolute atomic E-state index is 11.8. The zero-order chi connectivity index (χ0) is 15.0. The molecule has 0 saturated heterocycles. The van der Waals surface area contributed by atoms with Crippen molar-refractivity contribution in [1.82, 2.24) is 5.32 Å².